The van der Waals surface area contributed by atoms with E-state index in [0.29, 0.717) is 18.2 Å². The maximum absolute atomic E-state index is 12.8. The molecule has 5 rings (SSSR count). The Morgan fingerprint density at radius 1 is 1.15 bits per heavy atom. The maximum atomic E-state index is 12.8. The van der Waals surface area contributed by atoms with Crippen molar-refractivity contribution in [2.75, 3.05) is 31.6 Å². The van der Waals surface area contributed by atoms with Crippen molar-refractivity contribution in [2.45, 2.75) is 19.4 Å². The third-order valence-electron chi connectivity index (χ3n) is 6.44. The molecule has 0 radical (unpaired) electrons. The molecule has 0 unspecified atom stereocenters. The van der Waals surface area contributed by atoms with E-state index < -0.39 is 0 Å². The van der Waals surface area contributed by atoms with Crippen molar-refractivity contribution in [1.29, 1.82) is 0 Å². The van der Waals surface area contributed by atoms with E-state index in [9.17, 15) is 4.79 Å². The van der Waals surface area contributed by atoms with E-state index in [1.165, 1.54) is 22.3 Å². The molecule has 1 aliphatic rings. The lowest BCUT2D eigenvalue weighted by Gasteiger charge is -2.33. The number of fused-ring (bicyclic) bond motifs is 1. The first-order valence-corrected chi connectivity index (χ1v) is 12.6. The van der Waals surface area contributed by atoms with Crippen LogP contribution in [-0.4, -0.2) is 47.5 Å². The Morgan fingerprint density at radius 3 is 2.85 bits per heavy atom. The van der Waals surface area contributed by atoms with Crippen LogP contribution in [0, 0.1) is 5.92 Å². The largest absolute Gasteiger partial charge is 0.350 e. The molecule has 1 aliphatic heterocycles. The molecule has 1 fully saturated rings. The van der Waals surface area contributed by atoms with Crippen molar-refractivity contribution in [3.63, 3.8) is 0 Å². The molecule has 0 aliphatic carbocycles. The van der Waals surface area contributed by atoms with Gasteiger partial charge in [-0.1, -0.05) is 36.4 Å². The van der Waals surface area contributed by atoms with Gasteiger partial charge >= 0.3 is 0 Å². The summed E-state index contributed by atoms with van der Waals surface area (Å²) >= 11 is 1.49. The standard InChI is InChI=1S/C27H29N5OS/c1-31(22-9-3-2-4-10-22)27-30-25(19-34-27)26(33)29-16-20-8-7-15-32(17-20)18-21-13-14-28-24-12-6-5-11-23(21)24/h2-6,9-14,19-20H,7-8,15-18H2,1H3,(H,29,33)/t20-/m0/s1. The quantitative estimate of drug-likeness (QED) is 0.406. The first-order chi connectivity index (χ1) is 16.7. The molecule has 2 aromatic carbocycles. The molecule has 0 spiro atoms. The van der Waals surface area contributed by atoms with Gasteiger partial charge in [-0.05, 0) is 55.1 Å². The van der Waals surface area contributed by atoms with E-state index in [1.54, 1.807) is 0 Å². The molecule has 1 amide bonds. The second-order valence-corrected chi connectivity index (χ2v) is 9.69. The Bertz CT molecular complexity index is 1250. The first kappa shape index (κ1) is 22.5. The van der Waals surface area contributed by atoms with Crippen molar-refractivity contribution in [3.8, 4) is 0 Å². The molecule has 6 nitrogen and oxygen atoms in total. The highest BCUT2D eigenvalue weighted by Crippen LogP contribution is 2.27. The number of pyridine rings is 1. The van der Waals surface area contributed by atoms with E-state index in [1.807, 2.05) is 59.9 Å². The van der Waals surface area contributed by atoms with Crippen molar-refractivity contribution in [3.05, 3.63) is 83.5 Å². The highest BCUT2D eigenvalue weighted by Gasteiger charge is 2.22. The Hall–Kier alpha value is -3.29. The second kappa shape index (κ2) is 10.3. The molecule has 2 aromatic heterocycles. The smallest absolute Gasteiger partial charge is 0.270 e. The Morgan fingerprint density at radius 2 is 1.97 bits per heavy atom. The fraction of sp³-hybridized carbons (Fsp3) is 0.296. The number of hydrogen-bond donors (Lipinski definition) is 1. The Labute approximate surface area is 204 Å². The molecule has 0 bridgehead atoms. The summed E-state index contributed by atoms with van der Waals surface area (Å²) < 4.78 is 0. The zero-order valence-electron chi connectivity index (χ0n) is 19.4. The summed E-state index contributed by atoms with van der Waals surface area (Å²) in [5.74, 6) is 0.345. The Balaban J connectivity index is 1.16. The number of aromatic nitrogens is 2. The number of likely N-dealkylation sites (tertiary alicyclic amines) is 1. The summed E-state index contributed by atoms with van der Waals surface area (Å²) in [5, 5.41) is 7.00. The van der Waals surface area contributed by atoms with E-state index >= 15 is 0 Å². The number of hydrogen-bond acceptors (Lipinski definition) is 6. The lowest BCUT2D eigenvalue weighted by Crippen LogP contribution is -2.40. The van der Waals surface area contributed by atoms with E-state index in [0.717, 1.165) is 48.8 Å². The summed E-state index contributed by atoms with van der Waals surface area (Å²) in [6.07, 6.45) is 4.18. The fourth-order valence-electron chi connectivity index (χ4n) is 4.61. The molecule has 7 heteroatoms. The number of nitrogens with one attached hydrogen (secondary N) is 1. The van der Waals surface area contributed by atoms with E-state index in [-0.39, 0.29) is 5.91 Å². The van der Waals surface area contributed by atoms with Crippen molar-refractivity contribution < 1.29 is 4.79 Å². The summed E-state index contributed by atoms with van der Waals surface area (Å²) in [4.78, 5) is 26.3. The lowest BCUT2D eigenvalue weighted by atomic mass is 9.97. The van der Waals surface area contributed by atoms with Gasteiger partial charge in [0.25, 0.3) is 5.91 Å². The molecule has 1 N–H and O–H groups in total. The number of carbonyl (C=O) groups is 1. The Kier molecular flexibility index (Phi) is 6.83. The van der Waals surface area contributed by atoms with Crippen LogP contribution in [-0.2, 0) is 6.54 Å². The van der Waals surface area contributed by atoms with Gasteiger partial charge in [-0.15, -0.1) is 11.3 Å². The number of amides is 1. The number of thiazole rings is 1. The van der Waals surface area contributed by atoms with Crippen LogP contribution in [0.25, 0.3) is 10.9 Å². The summed E-state index contributed by atoms with van der Waals surface area (Å²) in [5.41, 5.74) is 3.89. The highest BCUT2D eigenvalue weighted by atomic mass is 32.1. The van der Waals surface area contributed by atoms with Crippen molar-refractivity contribution in [1.82, 2.24) is 20.2 Å². The first-order valence-electron chi connectivity index (χ1n) is 11.7. The number of rotatable bonds is 7. The van der Waals surface area contributed by atoms with Crippen LogP contribution >= 0.6 is 11.3 Å². The minimum Gasteiger partial charge on any atom is -0.350 e. The van der Waals surface area contributed by atoms with Gasteiger partial charge < -0.3 is 10.2 Å². The number of nitrogens with zero attached hydrogens (tertiary/aromatic N) is 4. The average Bonchev–Trinajstić information content (AvgIpc) is 3.38. The van der Waals surface area contributed by atoms with Gasteiger partial charge in [-0.2, -0.15) is 0 Å². The molecule has 34 heavy (non-hydrogen) atoms. The molecule has 1 saturated heterocycles. The van der Waals surface area contributed by atoms with Gasteiger partial charge in [0.05, 0.1) is 5.52 Å². The van der Waals surface area contributed by atoms with Crippen LogP contribution < -0.4 is 10.2 Å². The normalized spacial score (nSPS) is 16.4. The molecule has 1 atom stereocenters. The van der Waals surface area contributed by atoms with Crippen LogP contribution in [0.2, 0.25) is 0 Å². The highest BCUT2D eigenvalue weighted by molar-refractivity contribution is 7.14. The third kappa shape index (κ3) is 5.11. The third-order valence-corrected chi connectivity index (χ3v) is 7.36. The number of carbonyl (C=O) groups excluding carboxylic acids is 1. The maximum Gasteiger partial charge on any atom is 0.270 e. The molecule has 0 saturated carbocycles. The zero-order valence-corrected chi connectivity index (χ0v) is 20.2. The zero-order chi connectivity index (χ0) is 23.3. The fourth-order valence-corrected chi connectivity index (χ4v) is 5.40. The van der Waals surface area contributed by atoms with E-state index in [2.05, 4.69) is 44.5 Å². The van der Waals surface area contributed by atoms with Crippen molar-refractivity contribution >= 4 is 39.0 Å². The van der Waals surface area contributed by atoms with Gasteiger partial charge in [-0.25, -0.2) is 4.98 Å². The molecular formula is C27H29N5OS. The van der Waals surface area contributed by atoms with Gasteiger partial charge in [0.15, 0.2) is 5.13 Å². The molecule has 3 heterocycles. The summed E-state index contributed by atoms with van der Waals surface area (Å²) in [6.45, 7) is 3.65. The number of anilines is 2. The molecule has 174 valence electrons. The lowest BCUT2D eigenvalue weighted by molar-refractivity contribution is 0.0926. The van der Waals surface area contributed by atoms with Crippen molar-refractivity contribution in [2.24, 2.45) is 5.92 Å². The van der Waals surface area contributed by atoms with Gasteiger partial charge in [0.2, 0.25) is 0 Å². The number of piperidine rings is 1. The SMILES string of the molecule is CN(c1ccccc1)c1nc(C(=O)NC[C@@H]2CCCN(Cc3ccnc4ccccc34)C2)cs1. The van der Waals surface area contributed by atoms with E-state index in [4.69, 9.17) is 0 Å². The summed E-state index contributed by atoms with van der Waals surface area (Å²) in [7, 11) is 1.97. The van der Waals surface area contributed by atoms with Crippen LogP contribution in [0.3, 0.4) is 0 Å². The van der Waals surface area contributed by atoms with Crippen LogP contribution in [0.4, 0.5) is 10.8 Å². The van der Waals surface area contributed by atoms with Crippen LogP contribution in [0.5, 0.6) is 0 Å². The number of benzene rings is 2. The van der Waals surface area contributed by atoms with Gasteiger partial charge in [-0.3, -0.25) is 14.7 Å². The minimum absolute atomic E-state index is 0.0961. The predicted molar refractivity (Wildman–Crippen MR) is 139 cm³/mol. The molecule has 4 aromatic rings. The monoisotopic (exact) mass is 471 g/mol. The minimum atomic E-state index is -0.0961. The average molecular weight is 472 g/mol. The topological polar surface area (TPSA) is 61.4 Å². The van der Waals surface area contributed by atoms with Crippen LogP contribution in [0.1, 0.15) is 28.9 Å². The summed E-state index contributed by atoms with van der Waals surface area (Å²) in [6, 6.07) is 20.5. The van der Waals surface area contributed by atoms with Gasteiger partial charge in [0, 0.05) is 49.3 Å². The second-order valence-electron chi connectivity index (χ2n) is 8.85. The van der Waals surface area contributed by atoms with Crippen LogP contribution in [0.15, 0.2) is 72.2 Å². The molecular weight excluding hydrogens is 442 g/mol. The predicted octanol–water partition coefficient (Wildman–Crippen LogP) is 5.10. The number of para-hydroxylation sites is 2. The van der Waals surface area contributed by atoms with Gasteiger partial charge in [0.1, 0.15) is 5.69 Å².